The van der Waals surface area contributed by atoms with Gasteiger partial charge in [0.15, 0.2) is 9.84 Å². The van der Waals surface area contributed by atoms with Gasteiger partial charge in [0.25, 0.3) is 5.91 Å². The number of rotatable bonds is 5. The average molecular weight is 470 g/mol. The van der Waals surface area contributed by atoms with E-state index in [1.165, 1.54) is 43.3 Å². The molecule has 1 aliphatic heterocycles. The van der Waals surface area contributed by atoms with Crippen molar-refractivity contribution in [2.75, 3.05) is 18.1 Å². The summed E-state index contributed by atoms with van der Waals surface area (Å²) >= 11 is 11.9. The van der Waals surface area contributed by atoms with Crippen LogP contribution in [0.2, 0.25) is 10.0 Å². The molecule has 1 unspecified atom stereocenters. The summed E-state index contributed by atoms with van der Waals surface area (Å²) in [6.45, 7) is 0.990. The number of anilines is 1. The Morgan fingerprint density at radius 3 is 2.30 bits per heavy atom. The standard InChI is InChI=1S/C19H17Cl2N3O5S/c1-19(11-3-8-14(20)15(21)9-11)17(26)24(18(27)23-19)10-16(25)22-12-4-6-13(7-5-12)30(2,28)29/h3-9H,10H2,1-2H3,(H,22,25)(H,23,27). The molecule has 1 saturated heterocycles. The third-order valence-corrected chi connectivity index (χ3v) is 6.51. The molecular weight excluding hydrogens is 453 g/mol. The van der Waals surface area contributed by atoms with E-state index in [1.807, 2.05) is 0 Å². The molecule has 0 saturated carbocycles. The minimum absolute atomic E-state index is 0.104. The van der Waals surface area contributed by atoms with Gasteiger partial charge >= 0.3 is 6.03 Å². The number of hydrogen-bond donors (Lipinski definition) is 2. The Morgan fingerprint density at radius 1 is 1.10 bits per heavy atom. The lowest BCUT2D eigenvalue weighted by atomic mass is 9.92. The van der Waals surface area contributed by atoms with Crippen molar-refractivity contribution in [3.8, 4) is 0 Å². The summed E-state index contributed by atoms with van der Waals surface area (Å²) in [6.07, 6.45) is 1.07. The molecule has 1 fully saturated rings. The summed E-state index contributed by atoms with van der Waals surface area (Å²) in [5.41, 5.74) is -0.649. The predicted octanol–water partition coefficient (Wildman–Crippen LogP) is 2.80. The number of sulfone groups is 1. The second-order valence-corrected chi connectivity index (χ2v) is 9.75. The maximum atomic E-state index is 12.9. The topological polar surface area (TPSA) is 113 Å². The molecule has 2 N–H and O–H groups in total. The maximum absolute atomic E-state index is 12.9. The van der Waals surface area contributed by atoms with Gasteiger partial charge in [-0.25, -0.2) is 13.2 Å². The molecule has 30 heavy (non-hydrogen) atoms. The number of carbonyl (C=O) groups is 3. The molecule has 158 valence electrons. The highest BCUT2D eigenvalue weighted by molar-refractivity contribution is 7.90. The van der Waals surface area contributed by atoms with Crippen molar-refractivity contribution < 1.29 is 22.8 Å². The first-order valence-electron chi connectivity index (χ1n) is 8.61. The molecule has 0 aromatic heterocycles. The molecule has 0 aliphatic carbocycles. The number of nitrogens with one attached hydrogen (secondary N) is 2. The highest BCUT2D eigenvalue weighted by Gasteiger charge is 2.49. The van der Waals surface area contributed by atoms with Crippen LogP contribution in [-0.2, 0) is 25.0 Å². The highest BCUT2D eigenvalue weighted by atomic mass is 35.5. The lowest BCUT2D eigenvalue weighted by Crippen LogP contribution is -2.42. The predicted molar refractivity (Wildman–Crippen MR) is 112 cm³/mol. The Hall–Kier alpha value is -2.62. The third kappa shape index (κ3) is 4.28. The molecule has 0 spiro atoms. The van der Waals surface area contributed by atoms with Gasteiger partial charge in [0.2, 0.25) is 5.91 Å². The van der Waals surface area contributed by atoms with Crippen molar-refractivity contribution in [2.45, 2.75) is 17.4 Å². The number of hydrogen-bond acceptors (Lipinski definition) is 5. The van der Waals surface area contributed by atoms with Gasteiger partial charge < -0.3 is 10.6 Å². The van der Waals surface area contributed by atoms with Crippen LogP contribution >= 0.6 is 23.2 Å². The van der Waals surface area contributed by atoms with Crippen molar-refractivity contribution in [1.82, 2.24) is 10.2 Å². The van der Waals surface area contributed by atoms with E-state index in [2.05, 4.69) is 10.6 Å². The number of amides is 4. The zero-order chi connectivity index (χ0) is 22.3. The highest BCUT2D eigenvalue weighted by Crippen LogP contribution is 2.33. The first-order chi connectivity index (χ1) is 13.9. The van der Waals surface area contributed by atoms with E-state index in [4.69, 9.17) is 23.2 Å². The molecule has 0 radical (unpaired) electrons. The number of halogens is 2. The second-order valence-electron chi connectivity index (χ2n) is 6.92. The summed E-state index contributed by atoms with van der Waals surface area (Å²) in [7, 11) is -3.36. The quantitative estimate of drug-likeness (QED) is 0.653. The van der Waals surface area contributed by atoms with Crippen LogP contribution in [0.3, 0.4) is 0 Å². The smallest absolute Gasteiger partial charge is 0.325 e. The monoisotopic (exact) mass is 469 g/mol. The van der Waals surface area contributed by atoms with Gasteiger partial charge in [-0.15, -0.1) is 0 Å². The molecule has 1 aliphatic rings. The van der Waals surface area contributed by atoms with E-state index in [9.17, 15) is 22.8 Å². The maximum Gasteiger partial charge on any atom is 0.325 e. The van der Waals surface area contributed by atoms with Crippen LogP contribution < -0.4 is 10.6 Å². The van der Waals surface area contributed by atoms with Crippen LogP contribution in [0, 0.1) is 0 Å². The molecule has 2 aromatic carbocycles. The van der Waals surface area contributed by atoms with E-state index in [0.29, 0.717) is 16.3 Å². The van der Waals surface area contributed by atoms with Gasteiger partial charge in [0, 0.05) is 11.9 Å². The molecule has 3 rings (SSSR count). The minimum Gasteiger partial charge on any atom is -0.325 e. The zero-order valence-electron chi connectivity index (χ0n) is 15.9. The molecular formula is C19H17Cl2N3O5S. The van der Waals surface area contributed by atoms with Crippen LogP contribution in [-0.4, -0.2) is 44.0 Å². The van der Waals surface area contributed by atoms with Gasteiger partial charge in [0.1, 0.15) is 12.1 Å². The summed E-state index contributed by atoms with van der Waals surface area (Å²) < 4.78 is 23.0. The van der Waals surface area contributed by atoms with E-state index in [0.717, 1.165) is 11.2 Å². The first kappa shape index (κ1) is 22.1. The minimum atomic E-state index is -3.36. The summed E-state index contributed by atoms with van der Waals surface area (Å²) in [5, 5.41) is 5.63. The SMILES string of the molecule is CC1(c2ccc(Cl)c(Cl)c2)NC(=O)N(CC(=O)Nc2ccc(S(C)(=O)=O)cc2)C1=O. The Balaban J connectivity index is 1.73. The van der Waals surface area contributed by atoms with Gasteiger partial charge in [-0.2, -0.15) is 0 Å². The summed E-state index contributed by atoms with van der Waals surface area (Å²) in [6, 6.07) is 9.37. The zero-order valence-corrected chi connectivity index (χ0v) is 18.2. The fourth-order valence-electron chi connectivity index (χ4n) is 2.97. The van der Waals surface area contributed by atoms with E-state index in [1.54, 1.807) is 6.07 Å². The van der Waals surface area contributed by atoms with Crippen molar-refractivity contribution in [3.63, 3.8) is 0 Å². The lowest BCUT2D eigenvalue weighted by molar-refractivity contribution is -0.133. The molecule has 8 nitrogen and oxygen atoms in total. The van der Waals surface area contributed by atoms with E-state index < -0.39 is 39.8 Å². The number of nitrogens with zero attached hydrogens (tertiary/aromatic N) is 1. The van der Waals surface area contributed by atoms with Gasteiger partial charge in [0.05, 0.1) is 14.9 Å². The normalized spacial score (nSPS) is 19.0. The van der Waals surface area contributed by atoms with E-state index >= 15 is 0 Å². The number of carbonyl (C=O) groups excluding carboxylic acids is 3. The molecule has 1 atom stereocenters. The van der Waals surface area contributed by atoms with Crippen LogP contribution in [0.15, 0.2) is 47.4 Å². The molecule has 1 heterocycles. The van der Waals surface area contributed by atoms with Crippen molar-refractivity contribution in [2.24, 2.45) is 0 Å². The summed E-state index contributed by atoms with van der Waals surface area (Å²) in [4.78, 5) is 38.5. The molecule has 11 heteroatoms. The Kier molecular flexibility index (Phi) is 5.81. The fourth-order valence-corrected chi connectivity index (χ4v) is 3.90. The fraction of sp³-hybridized carbons (Fsp3) is 0.211. The third-order valence-electron chi connectivity index (χ3n) is 4.64. The van der Waals surface area contributed by atoms with Crippen LogP contribution in [0.5, 0.6) is 0 Å². The van der Waals surface area contributed by atoms with E-state index in [-0.39, 0.29) is 9.92 Å². The number of imide groups is 1. The largest absolute Gasteiger partial charge is 0.325 e. The second kappa shape index (κ2) is 7.90. The first-order valence-corrected chi connectivity index (χ1v) is 11.3. The van der Waals surface area contributed by atoms with Crippen LogP contribution in [0.25, 0.3) is 0 Å². The Labute approximate surface area is 183 Å². The van der Waals surface area contributed by atoms with Crippen molar-refractivity contribution >= 4 is 56.6 Å². The molecule has 0 bridgehead atoms. The van der Waals surface area contributed by atoms with Gasteiger partial charge in [-0.1, -0.05) is 29.3 Å². The molecule has 4 amide bonds. The lowest BCUT2D eigenvalue weighted by Gasteiger charge is -2.22. The average Bonchev–Trinajstić information content (AvgIpc) is 2.87. The summed E-state index contributed by atoms with van der Waals surface area (Å²) in [5.74, 6) is -1.24. The van der Waals surface area contributed by atoms with Crippen LogP contribution in [0.4, 0.5) is 10.5 Å². The molecule has 2 aromatic rings. The van der Waals surface area contributed by atoms with Crippen LogP contribution in [0.1, 0.15) is 12.5 Å². The van der Waals surface area contributed by atoms with Crippen molar-refractivity contribution in [3.05, 3.63) is 58.1 Å². The number of benzene rings is 2. The number of urea groups is 1. The van der Waals surface area contributed by atoms with Gasteiger partial charge in [-0.05, 0) is 48.9 Å². The van der Waals surface area contributed by atoms with Crippen molar-refractivity contribution in [1.29, 1.82) is 0 Å². The Bertz CT molecular complexity index is 1150. The Morgan fingerprint density at radius 2 is 1.73 bits per heavy atom. The van der Waals surface area contributed by atoms with Gasteiger partial charge in [-0.3, -0.25) is 14.5 Å².